The molecule has 0 saturated heterocycles. The Morgan fingerprint density at radius 1 is 1.03 bits per heavy atom. The number of nitrogens with two attached hydrogens (primary N) is 1. The van der Waals surface area contributed by atoms with E-state index in [2.05, 4.69) is 53.3 Å². The van der Waals surface area contributed by atoms with Crippen molar-refractivity contribution < 1.29 is 14.3 Å². The van der Waals surface area contributed by atoms with Crippen molar-refractivity contribution in [1.29, 1.82) is 0 Å². The summed E-state index contributed by atoms with van der Waals surface area (Å²) in [6.07, 6.45) is 3.77. The third-order valence-electron chi connectivity index (χ3n) is 6.11. The Morgan fingerprint density at radius 3 is 2.50 bits per heavy atom. The first-order valence-corrected chi connectivity index (χ1v) is 11.7. The molecule has 2 aromatic carbocycles. The molecule has 2 aromatic heterocycles. The van der Waals surface area contributed by atoms with Crippen LogP contribution in [0.15, 0.2) is 54.7 Å². The molecule has 0 radical (unpaired) electrons. The highest BCUT2D eigenvalue weighted by Gasteiger charge is 2.13. The Hall–Kier alpha value is -3.51. The molecule has 6 heteroatoms. The summed E-state index contributed by atoms with van der Waals surface area (Å²) >= 11 is 0. The standard InChI is InChI=1S/C28H31N3O3/c1-4-34-26(32)12-10-20-9-11-23-24-15-22(16-30-27(24)28(29)31-25(23)14-20)18(2)13-19-5-7-21(8-6-19)17-33-3/h5-9,11,14-16,18H,4,10,12-13,17H2,1-3H3,(H2,29,31). The molecule has 0 fully saturated rings. The lowest BCUT2D eigenvalue weighted by atomic mass is 9.93. The Kier molecular flexibility index (Phi) is 7.38. The van der Waals surface area contributed by atoms with Crippen molar-refractivity contribution in [3.8, 4) is 0 Å². The second-order valence-electron chi connectivity index (χ2n) is 8.67. The first-order valence-electron chi connectivity index (χ1n) is 11.7. The van der Waals surface area contributed by atoms with Gasteiger partial charge in [0.15, 0.2) is 5.82 Å². The van der Waals surface area contributed by atoms with Gasteiger partial charge in [0.2, 0.25) is 0 Å². The first kappa shape index (κ1) is 23.6. The highest BCUT2D eigenvalue weighted by atomic mass is 16.5. The van der Waals surface area contributed by atoms with Gasteiger partial charge in [0.05, 0.1) is 18.7 Å². The van der Waals surface area contributed by atoms with E-state index in [1.165, 1.54) is 11.1 Å². The van der Waals surface area contributed by atoms with Gasteiger partial charge >= 0.3 is 5.97 Å². The predicted octanol–water partition coefficient (Wildman–Crippen LogP) is 5.35. The van der Waals surface area contributed by atoms with E-state index >= 15 is 0 Å². The van der Waals surface area contributed by atoms with Crippen LogP contribution >= 0.6 is 0 Å². The summed E-state index contributed by atoms with van der Waals surface area (Å²) in [7, 11) is 1.71. The van der Waals surface area contributed by atoms with Crippen LogP contribution in [0.3, 0.4) is 0 Å². The number of fused-ring (bicyclic) bond motifs is 3. The van der Waals surface area contributed by atoms with Gasteiger partial charge in [0.1, 0.15) is 5.52 Å². The summed E-state index contributed by atoms with van der Waals surface area (Å²) in [4.78, 5) is 21.0. The van der Waals surface area contributed by atoms with Crippen molar-refractivity contribution in [2.45, 2.75) is 45.6 Å². The first-order chi connectivity index (χ1) is 16.5. The lowest BCUT2D eigenvalue weighted by Crippen LogP contribution is -2.05. The van der Waals surface area contributed by atoms with Crippen molar-refractivity contribution in [1.82, 2.24) is 9.97 Å². The average molecular weight is 458 g/mol. The Labute approximate surface area is 200 Å². The van der Waals surface area contributed by atoms with Gasteiger partial charge in [0, 0.05) is 30.5 Å². The van der Waals surface area contributed by atoms with E-state index in [9.17, 15) is 4.79 Å². The third kappa shape index (κ3) is 5.34. The van der Waals surface area contributed by atoms with Crippen LogP contribution < -0.4 is 5.73 Å². The molecule has 34 heavy (non-hydrogen) atoms. The number of nitrogens with zero attached hydrogens (tertiary/aromatic N) is 2. The van der Waals surface area contributed by atoms with Gasteiger partial charge in [-0.1, -0.05) is 43.3 Å². The van der Waals surface area contributed by atoms with Gasteiger partial charge < -0.3 is 15.2 Å². The predicted molar refractivity (Wildman–Crippen MR) is 136 cm³/mol. The summed E-state index contributed by atoms with van der Waals surface area (Å²) in [6.45, 7) is 5.05. The van der Waals surface area contributed by atoms with Gasteiger partial charge in [-0.05, 0) is 60.1 Å². The number of carbonyl (C=O) groups excluding carboxylic acids is 1. The van der Waals surface area contributed by atoms with Crippen LogP contribution in [-0.4, -0.2) is 29.7 Å². The van der Waals surface area contributed by atoms with Gasteiger partial charge in [-0.3, -0.25) is 9.78 Å². The molecule has 0 aliphatic heterocycles. The lowest BCUT2D eigenvalue weighted by Gasteiger charge is -2.14. The summed E-state index contributed by atoms with van der Waals surface area (Å²) in [5, 5.41) is 2.01. The van der Waals surface area contributed by atoms with Crippen LogP contribution in [0.1, 0.15) is 48.4 Å². The fraction of sp³-hybridized carbons (Fsp3) is 0.321. The highest BCUT2D eigenvalue weighted by molar-refractivity contribution is 6.08. The second kappa shape index (κ2) is 10.6. The molecule has 0 bridgehead atoms. The van der Waals surface area contributed by atoms with Crippen molar-refractivity contribution in [2.24, 2.45) is 0 Å². The Bertz CT molecular complexity index is 1300. The van der Waals surface area contributed by atoms with Crippen LogP contribution in [0.4, 0.5) is 5.82 Å². The van der Waals surface area contributed by atoms with E-state index in [4.69, 9.17) is 15.2 Å². The maximum atomic E-state index is 11.7. The molecule has 0 aliphatic carbocycles. The van der Waals surface area contributed by atoms with Crippen molar-refractivity contribution in [2.75, 3.05) is 19.5 Å². The number of ether oxygens (including phenoxy) is 2. The molecule has 1 unspecified atom stereocenters. The second-order valence-corrected chi connectivity index (χ2v) is 8.67. The third-order valence-corrected chi connectivity index (χ3v) is 6.11. The number of carbonyl (C=O) groups is 1. The minimum absolute atomic E-state index is 0.190. The smallest absolute Gasteiger partial charge is 0.306 e. The highest BCUT2D eigenvalue weighted by Crippen LogP contribution is 2.31. The normalized spacial score (nSPS) is 12.2. The van der Waals surface area contributed by atoms with E-state index in [0.29, 0.717) is 43.3 Å². The monoisotopic (exact) mass is 457 g/mol. The molecule has 2 heterocycles. The number of hydrogen-bond donors (Lipinski definition) is 1. The zero-order chi connectivity index (χ0) is 24.1. The maximum absolute atomic E-state index is 11.7. The molecular formula is C28H31N3O3. The number of aromatic nitrogens is 2. The van der Waals surface area contributed by atoms with E-state index in [0.717, 1.165) is 33.8 Å². The number of hydrogen-bond acceptors (Lipinski definition) is 6. The minimum atomic E-state index is -0.190. The molecule has 176 valence electrons. The van der Waals surface area contributed by atoms with Crippen molar-refractivity contribution >= 4 is 33.6 Å². The molecule has 1 atom stereocenters. The topological polar surface area (TPSA) is 87.3 Å². The van der Waals surface area contributed by atoms with Gasteiger partial charge in [-0.15, -0.1) is 0 Å². The number of pyridine rings is 2. The van der Waals surface area contributed by atoms with Crippen molar-refractivity contribution in [3.63, 3.8) is 0 Å². The number of aryl methyl sites for hydroxylation is 1. The number of nitrogen functional groups attached to an aromatic ring is 1. The maximum Gasteiger partial charge on any atom is 0.306 e. The molecular weight excluding hydrogens is 426 g/mol. The number of methoxy groups -OCH3 is 1. The van der Waals surface area contributed by atoms with E-state index < -0.39 is 0 Å². The van der Waals surface area contributed by atoms with Crippen LogP contribution in [0.2, 0.25) is 0 Å². The van der Waals surface area contributed by atoms with Crippen molar-refractivity contribution in [3.05, 3.63) is 77.0 Å². The summed E-state index contributed by atoms with van der Waals surface area (Å²) < 4.78 is 10.2. The molecule has 4 aromatic rings. The van der Waals surface area contributed by atoms with Crippen LogP contribution in [0.5, 0.6) is 0 Å². The van der Waals surface area contributed by atoms with Gasteiger partial charge in [-0.25, -0.2) is 4.98 Å². The molecule has 6 nitrogen and oxygen atoms in total. The number of rotatable bonds is 9. The van der Waals surface area contributed by atoms with E-state index in [1.807, 2.05) is 25.3 Å². The lowest BCUT2D eigenvalue weighted by molar-refractivity contribution is -0.143. The molecule has 0 saturated carbocycles. The Morgan fingerprint density at radius 2 is 1.76 bits per heavy atom. The fourth-order valence-electron chi connectivity index (χ4n) is 4.28. The molecule has 4 rings (SSSR count). The van der Waals surface area contributed by atoms with E-state index in [1.54, 1.807) is 7.11 Å². The number of anilines is 1. The quantitative estimate of drug-likeness (QED) is 0.269. The van der Waals surface area contributed by atoms with E-state index in [-0.39, 0.29) is 5.97 Å². The van der Waals surface area contributed by atoms with Gasteiger partial charge in [0.25, 0.3) is 0 Å². The summed E-state index contributed by atoms with van der Waals surface area (Å²) in [6, 6.07) is 16.8. The Balaban J connectivity index is 1.60. The average Bonchev–Trinajstić information content (AvgIpc) is 2.84. The zero-order valence-electron chi connectivity index (χ0n) is 20.0. The summed E-state index contributed by atoms with van der Waals surface area (Å²) in [5.41, 5.74) is 12.4. The number of esters is 1. The fourth-order valence-corrected chi connectivity index (χ4v) is 4.28. The SMILES string of the molecule is CCOC(=O)CCc1ccc2c(c1)nc(N)c1ncc(C(C)Cc3ccc(COC)cc3)cc12. The van der Waals surface area contributed by atoms with Gasteiger partial charge in [-0.2, -0.15) is 0 Å². The minimum Gasteiger partial charge on any atom is -0.466 e. The van der Waals surface area contributed by atoms with Crippen LogP contribution in [-0.2, 0) is 33.7 Å². The molecule has 2 N–H and O–H groups in total. The largest absolute Gasteiger partial charge is 0.466 e. The zero-order valence-corrected chi connectivity index (χ0v) is 20.0. The molecule has 0 amide bonds. The van der Waals surface area contributed by atoms with Crippen LogP contribution in [0.25, 0.3) is 21.8 Å². The van der Waals surface area contributed by atoms with Crippen LogP contribution in [0, 0.1) is 0 Å². The number of benzene rings is 2. The molecule has 0 aliphatic rings. The molecule has 0 spiro atoms. The summed E-state index contributed by atoms with van der Waals surface area (Å²) in [5.74, 6) is 0.515.